The van der Waals surface area contributed by atoms with Gasteiger partial charge in [0.15, 0.2) is 0 Å². The number of carboxylic acid groups (broad SMARTS) is 1. The van der Waals surface area contributed by atoms with Gasteiger partial charge in [0.1, 0.15) is 0 Å². The Morgan fingerprint density at radius 3 is 2.57 bits per heavy atom. The molecule has 1 aromatic carbocycles. The third kappa shape index (κ3) is 3.27. The summed E-state index contributed by atoms with van der Waals surface area (Å²) in [7, 11) is 0. The zero-order valence-corrected chi connectivity index (χ0v) is 14.6. The molecule has 0 saturated heterocycles. The quantitative estimate of drug-likeness (QED) is 0.809. The molecule has 1 aromatic heterocycles. The fourth-order valence-corrected chi connectivity index (χ4v) is 3.37. The maximum atomic E-state index is 11.5. The molecule has 23 heavy (non-hydrogen) atoms. The number of aromatic nitrogens is 1. The Kier molecular flexibility index (Phi) is 5.47. The number of hydrogen-bond donors (Lipinski definition) is 2. The first-order chi connectivity index (χ1) is 10.9. The van der Waals surface area contributed by atoms with E-state index in [-0.39, 0.29) is 5.92 Å². The van der Waals surface area contributed by atoms with E-state index in [4.69, 9.17) is 5.73 Å². The average Bonchev–Trinajstić information content (AvgIpc) is 2.77. The Morgan fingerprint density at radius 1 is 1.35 bits per heavy atom. The molecule has 0 atom stereocenters. The fourth-order valence-electron chi connectivity index (χ4n) is 3.37. The van der Waals surface area contributed by atoms with E-state index in [1.54, 1.807) is 0 Å². The highest BCUT2D eigenvalue weighted by molar-refractivity contribution is 5.97. The van der Waals surface area contributed by atoms with Crippen LogP contribution in [-0.2, 0) is 13.0 Å². The average molecular weight is 316 g/mol. The minimum atomic E-state index is -0.858. The summed E-state index contributed by atoms with van der Waals surface area (Å²) in [6, 6.07) is 3.68. The molecule has 1 heterocycles. The lowest BCUT2D eigenvalue weighted by Crippen LogP contribution is -2.09. The van der Waals surface area contributed by atoms with Gasteiger partial charge < -0.3 is 15.4 Å². The van der Waals surface area contributed by atoms with Crippen molar-refractivity contribution in [2.75, 3.05) is 6.54 Å². The Balaban J connectivity index is 2.83. The van der Waals surface area contributed by atoms with Gasteiger partial charge in [0.2, 0.25) is 0 Å². The molecule has 4 nitrogen and oxygen atoms in total. The van der Waals surface area contributed by atoms with Crippen molar-refractivity contribution >= 4 is 16.9 Å². The lowest BCUT2D eigenvalue weighted by atomic mass is 9.95. The minimum Gasteiger partial charge on any atom is -0.478 e. The molecule has 2 rings (SSSR count). The van der Waals surface area contributed by atoms with Gasteiger partial charge in [-0.1, -0.05) is 27.2 Å². The van der Waals surface area contributed by atoms with E-state index < -0.39 is 5.97 Å². The zero-order chi connectivity index (χ0) is 17.1. The summed E-state index contributed by atoms with van der Waals surface area (Å²) in [5.41, 5.74) is 10.9. The van der Waals surface area contributed by atoms with Crippen LogP contribution in [-0.4, -0.2) is 22.2 Å². The molecule has 4 heteroatoms. The van der Waals surface area contributed by atoms with E-state index in [0.717, 1.165) is 36.8 Å². The van der Waals surface area contributed by atoms with Crippen LogP contribution in [0.15, 0.2) is 12.1 Å². The largest absolute Gasteiger partial charge is 0.478 e. The van der Waals surface area contributed by atoms with Crippen molar-refractivity contribution < 1.29 is 9.90 Å². The van der Waals surface area contributed by atoms with Crippen molar-refractivity contribution in [3.05, 3.63) is 34.5 Å². The highest BCUT2D eigenvalue weighted by Gasteiger charge is 2.20. The van der Waals surface area contributed by atoms with Crippen molar-refractivity contribution in [2.24, 2.45) is 5.73 Å². The highest BCUT2D eigenvalue weighted by Crippen LogP contribution is 2.34. The predicted molar refractivity (Wildman–Crippen MR) is 95.4 cm³/mol. The highest BCUT2D eigenvalue weighted by atomic mass is 16.4. The number of nitrogens with zero attached hydrogens (tertiary/aromatic N) is 1. The second kappa shape index (κ2) is 7.18. The Hall–Kier alpha value is -1.81. The summed E-state index contributed by atoms with van der Waals surface area (Å²) in [6.45, 7) is 10.1. The maximum absolute atomic E-state index is 11.5. The lowest BCUT2D eigenvalue weighted by Gasteiger charge is -2.14. The van der Waals surface area contributed by atoms with Crippen LogP contribution in [0.25, 0.3) is 10.9 Å². The van der Waals surface area contributed by atoms with E-state index in [1.807, 2.05) is 12.1 Å². The third-order valence-electron chi connectivity index (χ3n) is 4.53. The Labute approximate surface area is 138 Å². The topological polar surface area (TPSA) is 68.2 Å². The number of aryl methyl sites for hydroxylation is 2. The van der Waals surface area contributed by atoms with E-state index in [1.165, 1.54) is 16.8 Å². The van der Waals surface area contributed by atoms with E-state index >= 15 is 0 Å². The molecule has 0 fully saturated rings. The summed E-state index contributed by atoms with van der Waals surface area (Å²) in [6.07, 6.45) is 2.94. The Bertz CT molecular complexity index is 714. The van der Waals surface area contributed by atoms with Crippen molar-refractivity contribution in [1.82, 2.24) is 4.57 Å². The molecule has 0 spiro atoms. The number of hydrogen-bond acceptors (Lipinski definition) is 2. The molecule has 0 aliphatic rings. The van der Waals surface area contributed by atoms with Crippen LogP contribution < -0.4 is 5.73 Å². The molecule has 126 valence electrons. The van der Waals surface area contributed by atoms with E-state index in [9.17, 15) is 9.90 Å². The van der Waals surface area contributed by atoms with Gasteiger partial charge >= 0.3 is 5.97 Å². The molecule has 3 N–H and O–H groups in total. The number of benzene rings is 1. The van der Waals surface area contributed by atoms with Gasteiger partial charge in [0, 0.05) is 17.6 Å². The standard InChI is InChI=1S/C19H28N2O2/c1-5-7-15-13(4)21(9-6-8-20)18-16(12(2)3)10-14(19(22)23)11-17(15)18/h10-12H,5-9,20H2,1-4H3,(H,22,23). The summed E-state index contributed by atoms with van der Waals surface area (Å²) in [5.74, 6) is -0.583. The predicted octanol–water partition coefficient (Wildman–Crippen LogP) is 4.07. The molecule has 0 bridgehead atoms. The van der Waals surface area contributed by atoms with E-state index in [0.29, 0.717) is 12.1 Å². The van der Waals surface area contributed by atoms with Crippen molar-refractivity contribution in [3.63, 3.8) is 0 Å². The first kappa shape index (κ1) is 17.5. The van der Waals surface area contributed by atoms with Gasteiger partial charge in [-0.2, -0.15) is 0 Å². The smallest absolute Gasteiger partial charge is 0.335 e. The fraction of sp³-hybridized carbons (Fsp3) is 0.526. The third-order valence-corrected chi connectivity index (χ3v) is 4.53. The number of rotatable bonds is 7. The molecular formula is C19H28N2O2. The SMILES string of the molecule is CCCc1c(C)n(CCCN)c2c(C(C)C)cc(C(=O)O)cc12. The van der Waals surface area contributed by atoms with Gasteiger partial charge in [-0.3, -0.25) is 0 Å². The number of carboxylic acids is 1. The van der Waals surface area contributed by atoms with Gasteiger partial charge in [-0.15, -0.1) is 0 Å². The molecule has 0 amide bonds. The number of nitrogens with two attached hydrogens (primary N) is 1. The minimum absolute atomic E-state index is 0.275. The van der Waals surface area contributed by atoms with Crippen LogP contribution in [0.2, 0.25) is 0 Å². The van der Waals surface area contributed by atoms with Gasteiger partial charge in [0.05, 0.1) is 11.1 Å². The number of carbonyl (C=O) groups is 1. The van der Waals surface area contributed by atoms with Crippen LogP contribution in [0.5, 0.6) is 0 Å². The first-order valence-electron chi connectivity index (χ1n) is 8.51. The van der Waals surface area contributed by atoms with Crippen molar-refractivity contribution in [1.29, 1.82) is 0 Å². The lowest BCUT2D eigenvalue weighted by molar-refractivity contribution is 0.0697. The monoisotopic (exact) mass is 316 g/mol. The molecule has 0 unspecified atom stereocenters. The number of fused-ring (bicyclic) bond motifs is 1. The zero-order valence-electron chi connectivity index (χ0n) is 14.6. The second-order valence-electron chi connectivity index (χ2n) is 6.53. The van der Waals surface area contributed by atoms with Gasteiger partial charge in [0.25, 0.3) is 0 Å². The maximum Gasteiger partial charge on any atom is 0.335 e. The van der Waals surface area contributed by atoms with E-state index in [2.05, 4.69) is 32.3 Å². The van der Waals surface area contributed by atoms with Gasteiger partial charge in [-0.05, 0) is 55.5 Å². The van der Waals surface area contributed by atoms with Gasteiger partial charge in [-0.25, -0.2) is 4.79 Å². The molecule has 0 aliphatic carbocycles. The Morgan fingerprint density at radius 2 is 2.04 bits per heavy atom. The summed E-state index contributed by atoms with van der Waals surface area (Å²) < 4.78 is 2.34. The van der Waals surface area contributed by atoms with Crippen LogP contribution in [0.1, 0.15) is 66.7 Å². The summed E-state index contributed by atoms with van der Waals surface area (Å²) >= 11 is 0. The number of aromatic carboxylic acids is 1. The molecule has 0 saturated carbocycles. The summed E-state index contributed by atoms with van der Waals surface area (Å²) in [5, 5.41) is 10.6. The van der Waals surface area contributed by atoms with Crippen LogP contribution in [0, 0.1) is 6.92 Å². The first-order valence-corrected chi connectivity index (χ1v) is 8.51. The van der Waals surface area contributed by atoms with Crippen molar-refractivity contribution in [2.45, 2.75) is 59.4 Å². The summed E-state index contributed by atoms with van der Waals surface area (Å²) in [4.78, 5) is 11.5. The molecule has 2 aromatic rings. The molecule has 0 radical (unpaired) electrons. The van der Waals surface area contributed by atoms with Crippen molar-refractivity contribution in [3.8, 4) is 0 Å². The normalized spacial score (nSPS) is 11.6. The second-order valence-corrected chi connectivity index (χ2v) is 6.53. The van der Waals surface area contributed by atoms with Crippen LogP contribution in [0.3, 0.4) is 0 Å². The molecule has 0 aliphatic heterocycles. The van der Waals surface area contributed by atoms with Crippen LogP contribution in [0.4, 0.5) is 0 Å². The van der Waals surface area contributed by atoms with Crippen LogP contribution >= 0.6 is 0 Å². The molecular weight excluding hydrogens is 288 g/mol.